The van der Waals surface area contributed by atoms with E-state index < -0.39 is 11.2 Å². The van der Waals surface area contributed by atoms with Crippen LogP contribution in [-0.2, 0) is 6.18 Å². The van der Waals surface area contributed by atoms with Gasteiger partial charge in [0.15, 0.2) is 10.8 Å². The molecule has 1 saturated heterocycles. The molecule has 0 radical (unpaired) electrons. The molecule has 0 aromatic carbocycles. The van der Waals surface area contributed by atoms with Crippen molar-refractivity contribution < 1.29 is 18.0 Å². The molecule has 1 fully saturated rings. The summed E-state index contributed by atoms with van der Waals surface area (Å²) in [6.07, 6.45) is -1.83. The van der Waals surface area contributed by atoms with Crippen LogP contribution in [0, 0.1) is 5.92 Å². The number of hydrogen-bond donors (Lipinski definition) is 1. The number of halogens is 3. The van der Waals surface area contributed by atoms with Gasteiger partial charge in [0.1, 0.15) is 0 Å². The molecule has 7 heteroatoms. The van der Waals surface area contributed by atoms with Crippen LogP contribution in [0.5, 0.6) is 0 Å². The van der Waals surface area contributed by atoms with Gasteiger partial charge >= 0.3 is 6.18 Å². The number of rotatable bonds is 2. The number of carbonyl (C=O) groups is 1. The summed E-state index contributed by atoms with van der Waals surface area (Å²) < 4.78 is 37.0. The Bertz CT molecular complexity index is 410. The Morgan fingerprint density at radius 1 is 1.53 bits per heavy atom. The van der Waals surface area contributed by atoms with Crippen LogP contribution >= 0.6 is 11.3 Å². The average molecular weight is 264 g/mol. The van der Waals surface area contributed by atoms with E-state index in [-0.39, 0.29) is 16.6 Å². The Morgan fingerprint density at radius 2 is 2.29 bits per heavy atom. The van der Waals surface area contributed by atoms with Crippen LogP contribution in [0.1, 0.15) is 27.5 Å². The maximum absolute atomic E-state index is 12.3. The van der Waals surface area contributed by atoms with Crippen LogP contribution < -0.4 is 5.32 Å². The molecule has 0 spiro atoms. The van der Waals surface area contributed by atoms with Crippen molar-refractivity contribution in [2.45, 2.75) is 19.0 Å². The van der Waals surface area contributed by atoms with Crippen LogP contribution in [0.4, 0.5) is 13.2 Å². The maximum Gasteiger partial charge on any atom is 0.443 e. The van der Waals surface area contributed by atoms with Gasteiger partial charge in [-0.05, 0) is 19.4 Å². The number of aromatic nitrogens is 1. The molecule has 2 rings (SSSR count). The third-order valence-electron chi connectivity index (χ3n) is 2.66. The van der Waals surface area contributed by atoms with Crippen molar-refractivity contribution in [1.29, 1.82) is 0 Å². The van der Waals surface area contributed by atoms with Gasteiger partial charge in [-0.25, -0.2) is 4.98 Å². The van der Waals surface area contributed by atoms with Gasteiger partial charge < -0.3 is 5.32 Å². The minimum atomic E-state index is -4.46. The zero-order chi connectivity index (χ0) is 12.5. The fourth-order valence-electron chi connectivity index (χ4n) is 1.80. The number of hydrogen-bond acceptors (Lipinski definition) is 4. The lowest BCUT2D eigenvalue weighted by Gasteiger charge is -2.20. The second-order valence-electron chi connectivity index (χ2n) is 3.93. The monoisotopic (exact) mass is 264 g/mol. The van der Waals surface area contributed by atoms with Gasteiger partial charge in [-0.3, -0.25) is 4.79 Å². The Kier molecular flexibility index (Phi) is 3.48. The summed E-state index contributed by atoms with van der Waals surface area (Å²) in [6.45, 7) is 1.40. The zero-order valence-corrected chi connectivity index (χ0v) is 9.70. The standard InChI is InChI=1S/C10H11F3N2OS/c11-10(12,13)9-15-5-7(17-9)8(16)6-2-1-3-14-4-6/h5-6,14H,1-4H2. The predicted octanol–water partition coefficient (Wildman–Crippen LogP) is 2.34. The van der Waals surface area contributed by atoms with Crippen molar-refractivity contribution in [2.24, 2.45) is 5.92 Å². The van der Waals surface area contributed by atoms with Crippen LogP contribution in [0.2, 0.25) is 0 Å². The molecule has 17 heavy (non-hydrogen) atoms. The number of carbonyl (C=O) groups excluding carboxylic acids is 1. The molecule has 1 atom stereocenters. The summed E-state index contributed by atoms with van der Waals surface area (Å²) in [4.78, 5) is 15.3. The minimum Gasteiger partial charge on any atom is -0.316 e. The van der Waals surface area contributed by atoms with Gasteiger partial charge in [0.2, 0.25) is 0 Å². The molecule has 1 aromatic rings. The fourth-order valence-corrected chi connectivity index (χ4v) is 2.60. The fraction of sp³-hybridized carbons (Fsp3) is 0.600. The SMILES string of the molecule is O=C(c1cnc(C(F)(F)F)s1)C1CCCNC1. The van der Waals surface area contributed by atoms with Crippen molar-refractivity contribution in [2.75, 3.05) is 13.1 Å². The highest BCUT2D eigenvalue weighted by atomic mass is 32.1. The van der Waals surface area contributed by atoms with Gasteiger partial charge in [0.25, 0.3) is 0 Å². The molecule has 3 nitrogen and oxygen atoms in total. The Hall–Kier alpha value is -0.950. The van der Waals surface area contributed by atoms with Crippen LogP contribution in [0.3, 0.4) is 0 Å². The lowest BCUT2D eigenvalue weighted by Crippen LogP contribution is -2.34. The molecule has 1 N–H and O–H groups in total. The van der Waals surface area contributed by atoms with E-state index >= 15 is 0 Å². The number of Topliss-reactive ketones (excluding diaryl/α,β-unsaturated/α-hetero) is 1. The number of nitrogens with zero attached hydrogens (tertiary/aromatic N) is 1. The molecular formula is C10H11F3N2OS. The van der Waals surface area contributed by atoms with Crippen LogP contribution in [-0.4, -0.2) is 23.9 Å². The van der Waals surface area contributed by atoms with E-state index in [0.29, 0.717) is 17.9 Å². The molecule has 1 aromatic heterocycles. The quantitative estimate of drug-likeness (QED) is 0.834. The molecule has 1 aliphatic heterocycles. The highest BCUT2D eigenvalue weighted by molar-refractivity contribution is 7.13. The molecule has 0 aliphatic carbocycles. The number of ketones is 1. The Morgan fingerprint density at radius 3 is 2.82 bits per heavy atom. The summed E-state index contributed by atoms with van der Waals surface area (Å²) in [5.41, 5.74) is 0. The van der Waals surface area contributed by atoms with E-state index in [1.807, 2.05) is 0 Å². The summed E-state index contributed by atoms with van der Waals surface area (Å²) in [5.74, 6) is -0.449. The molecule has 1 unspecified atom stereocenters. The number of nitrogens with one attached hydrogen (secondary N) is 1. The first-order chi connectivity index (χ1) is 7.98. The summed E-state index contributed by atoms with van der Waals surface area (Å²) in [7, 11) is 0. The Labute approximate surface area is 100 Å². The van der Waals surface area contributed by atoms with E-state index in [1.165, 1.54) is 0 Å². The largest absolute Gasteiger partial charge is 0.443 e. The number of alkyl halides is 3. The number of thiazole rings is 1. The topological polar surface area (TPSA) is 42.0 Å². The molecule has 0 bridgehead atoms. The summed E-state index contributed by atoms with van der Waals surface area (Å²) >= 11 is 0.428. The zero-order valence-electron chi connectivity index (χ0n) is 8.88. The van der Waals surface area contributed by atoms with Crippen LogP contribution in [0.25, 0.3) is 0 Å². The molecular weight excluding hydrogens is 253 g/mol. The normalized spacial score (nSPS) is 21.5. The van der Waals surface area contributed by atoms with E-state index in [0.717, 1.165) is 25.6 Å². The van der Waals surface area contributed by atoms with Crippen molar-refractivity contribution in [1.82, 2.24) is 10.3 Å². The minimum absolute atomic E-state index is 0.103. The van der Waals surface area contributed by atoms with Gasteiger partial charge in [0.05, 0.1) is 4.88 Å². The molecule has 1 aliphatic rings. The lowest BCUT2D eigenvalue weighted by molar-refractivity contribution is -0.137. The second-order valence-corrected chi connectivity index (χ2v) is 4.97. The molecule has 0 saturated carbocycles. The van der Waals surface area contributed by atoms with Gasteiger partial charge in [-0.1, -0.05) is 0 Å². The van der Waals surface area contributed by atoms with Gasteiger partial charge in [0, 0.05) is 18.7 Å². The van der Waals surface area contributed by atoms with Crippen LogP contribution in [0.15, 0.2) is 6.20 Å². The third kappa shape index (κ3) is 2.84. The molecule has 2 heterocycles. The van der Waals surface area contributed by atoms with E-state index in [9.17, 15) is 18.0 Å². The van der Waals surface area contributed by atoms with E-state index in [2.05, 4.69) is 10.3 Å². The van der Waals surface area contributed by atoms with Crippen molar-refractivity contribution in [3.05, 3.63) is 16.1 Å². The highest BCUT2D eigenvalue weighted by Crippen LogP contribution is 2.33. The van der Waals surface area contributed by atoms with Crippen molar-refractivity contribution in [3.63, 3.8) is 0 Å². The van der Waals surface area contributed by atoms with Gasteiger partial charge in [-0.15, -0.1) is 11.3 Å². The second kappa shape index (κ2) is 4.73. The van der Waals surface area contributed by atoms with Crippen molar-refractivity contribution in [3.8, 4) is 0 Å². The predicted molar refractivity (Wildman–Crippen MR) is 57.0 cm³/mol. The maximum atomic E-state index is 12.3. The first-order valence-corrected chi connectivity index (χ1v) is 6.08. The Balaban J connectivity index is 2.11. The molecule has 0 amide bonds. The number of piperidine rings is 1. The lowest BCUT2D eigenvalue weighted by atomic mass is 9.94. The average Bonchev–Trinajstić information content (AvgIpc) is 2.78. The molecule has 94 valence electrons. The highest BCUT2D eigenvalue weighted by Gasteiger charge is 2.36. The van der Waals surface area contributed by atoms with Gasteiger partial charge in [-0.2, -0.15) is 13.2 Å². The first-order valence-electron chi connectivity index (χ1n) is 5.26. The van der Waals surface area contributed by atoms with E-state index in [1.54, 1.807) is 0 Å². The first kappa shape index (κ1) is 12.5. The smallest absolute Gasteiger partial charge is 0.316 e. The summed E-state index contributed by atoms with van der Waals surface area (Å²) in [6, 6.07) is 0. The van der Waals surface area contributed by atoms with E-state index in [4.69, 9.17) is 0 Å². The third-order valence-corrected chi connectivity index (χ3v) is 3.72. The summed E-state index contributed by atoms with van der Waals surface area (Å²) in [5, 5.41) is 2.11. The van der Waals surface area contributed by atoms with Crippen molar-refractivity contribution >= 4 is 17.1 Å².